The molecular formula is C18H18F3N3O. The normalized spacial score (nSPS) is 16.8. The van der Waals surface area contributed by atoms with Crippen LogP contribution in [0.1, 0.15) is 6.42 Å². The number of amides is 2. The van der Waals surface area contributed by atoms with Crippen molar-refractivity contribution in [3.63, 3.8) is 0 Å². The number of carbonyl (C=O) groups excluding carboxylic acids is 1. The van der Waals surface area contributed by atoms with Crippen LogP contribution in [0.4, 0.5) is 29.3 Å². The molecule has 2 amide bonds. The molecule has 1 heterocycles. The minimum absolute atomic E-state index is 0.0711. The molecule has 1 saturated heterocycles. The molecule has 0 radical (unpaired) electrons. The third-order valence-corrected chi connectivity index (χ3v) is 4.21. The van der Waals surface area contributed by atoms with Crippen molar-refractivity contribution in [1.82, 2.24) is 5.32 Å². The highest BCUT2D eigenvalue weighted by molar-refractivity contribution is 5.89. The Morgan fingerprint density at radius 2 is 1.80 bits per heavy atom. The molecule has 0 aromatic heterocycles. The summed E-state index contributed by atoms with van der Waals surface area (Å²) in [5, 5.41) is 5.06. The first-order valence-electron chi connectivity index (χ1n) is 8.01. The summed E-state index contributed by atoms with van der Waals surface area (Å²) in [7, 11) is 0. The van der Waals surface area contributed by atoms with Crippen LogP contribution in [0.5, 0.6) is 0 Å². The molecule has 1 fully saturated rings. The molecule has 1 aliphatic rings. The number of urea groups is 1. The van der Waals surface area contributed by atoms with Crippen LogP contribution < -0.4 is 15.5 Å². The van der Waals surface area contributed by atoms with Crippen LogP contribution in [-0.4, -0.2) is 25.7 Å². The molecular weight excluding hydrogens is 331 g/mol. The van der Waals surface area contributed by atoms with Gasteiger partial charge in [0.25, 0.3) is 0 Å². The Balaban J connectivity index is 1.47. The Morgan fingerprint density at radius 3 is 2.52 bits per heavy atom. The zero-order valence-corrected chi connectivity index (χ0v) is 13.4. The standard InChI is InChI=1S/C18H18F3N3O/c19-13-1-4-15(5-2-13)24-8-7-12(11-24)10-22-18(25)23-17-6-3-14(20)9-16(17)21/h1-6,9,12H,7-8,10-11H2,(H2,22,23,25). The summed E-state index contributed by atoms with van der Waals surface area (Å²) >= 11 is 0. The third kappa shape index (κ3) is 4.43. The van der Waals surface area contributed by atoms with Crippen molar-refractivity contribution in [2.24, 2.45) is 5.92 Å². The average molecular weight is 349 g/mol. The fourth-order valence-electron chi connectivity index (χ4n) is 2.88. The summed E-state index contributed by atoms with van der Waals surface area (Å²) in [4.78, 5) is 14.0. The second kappa shape index (κ2) is 7.46. The van der Waals surface area contributed by atoms with Crippen LogP contribution in [0.3, 0.4) is 0 Å². The van der Waals surface area contributed by atoms with Crippen LogP contribution in [0.15, 0.2) is 42.5 Å². The van der Waals surface area contributed by atoms with Crippen LogP contribution in [0, 0.1) is 23.4 Å². The maximum Gasteiger partial charge on any atom is 0.319 e. The summed E-state index contributed by atoms with van der Waals surface area (Å²) < 4.78 is 39.3. The van der Waals surface area contributed by atoms with Crippen molar-refractivity contribution in [2.75, 3.05) is 29.9 Å². The topological polar surface area (TPSA) is 44.4 Å². The molecule has 2 N–H and O–H groups in total. The minimum atomic E-state index is -0.821. The van der Waals surface area contributed by atoms with Crippen molar-refractivity contribution in [1.29, 1.82) is 0 Å². The van der Waals surface area contributed by atoms with Gasteiger partial charge in [-0.2, -0.15) is 0 Å². The van der Waals surface area contributed by atoms with Crippen molar-refractivity contribution in [3.8, 4) is 0 Å². The number of hydrogen-bond acceptors (Lipinski definition) is 2. The number of rotatable bonds is 4. The number of halogens is 3. The summed E-state index contributed by atoms with van der Waals surface area (Å²) in [6, 6.07) is 8.74. The molecule has 0 saturated carbocycles. The number of nitrogens with one attached hydrogen (secondary N) is 2. The summed E-state index contributed by atoms with van der Waals surface area (Å²) in [6.45, 7) is 2.01. The summed E-state index contributed by atoms with van der Waals surface area (Å²) in [5.74, 6) is -1.55. The molecule has 1 aliphatic heterocycles. The lowest BCUT2D eigenvalue weighted by Crippen LogP contribution is -2.34. The van der Waals surface area contributed by atoms with E-state index < -0.39 is 17.7 Å². The van der Waals surface area contributed by atoms with Gasteiger partial charge in [0.15, 0.2) is 0 Å². The van der Waals surface area contributed by atoms with Crippen LogP contribution >= 0.6 is 0 Å². The lowest BCUT2D eigenvalue weighted by Gasteiger charge is -2.19. The van der Waals surface area contributed by atoms with Crippen LogP contribution in [-0.2, 0) is 0 Å². The predicted molar refractivity (Wildman–Crippen MR) is 90.1 cm³/mol. The van der Waals surface area contributed by atoms with Crippen molar-refractivity contribution >= 4 is 17.4 Å². The van der Waals surface area contributed by atoms with Gasteiger partial charge in [0.1, 0.15) is 17.5 Å². The monoisotopic (exact) mass is 349 g/mol. The van der Waals surface area contributed by atoms with Crippen molar-refractivity contribution in [3.05, 3.63) is 59.9 Å². The Bertz CT molecular complexity index is 752. The van der Waals surface area contributed by atoms with Crippen LogP contribution in [0.25, 0.3) is 0 Å². The molecule has 132 valence electrons. The Kier molecular flexibility index (Phi) is 5.11. The Labute approximate surface area is 143 Å². The van der Waals surface area contributed by atoms with Crippen LogP contribution in [0.2, 0.25) is 0 Å². The van der Waals surface area contributed by atoms with Gasteiger partial charge in [-0.25, -0.2) is 18.0 Å². The van der Waals surface area contributed by atoms with Gasteiger partial charge in [0, 0.05) is 31.4 Å². The van der Waals surface area contributed by atoms with Gasteiger partial charge >= 0.3 is 6.03 Å². The maximum atomic E-state index is 13.5. The fraction of sp³-hybridized carbons (Fsp3) is 0.278. The SMILES string of the molecule is O=C(NCC1CCN(c2ccc(F)cc2)C1)Nc1ccc(F)cc1F. The van der Waals surface area contributed by atoms with E-state index in [1.165, 1.54) is 18.2 Å². The highest BCUT2D eigenvalue weighted by atomic mass is 19.1. The molecule has 0 aliphatic carbocycles. The molecule has 1 unspecified atom stereocenters. The van der Waals surface area contributed by atoms with Gasteiger partial charge in [0.2, 0.25) is 0 Å². The predicted octanol–water partition coefficient (Wildman–Crippen LogP) is 3.75. The molecule has 2 aromatic carbocycles. The van der Waals surface area contributed by atoms with E-state index in [0.717, 1.165) is 31.3 Å². The van der Waals surface area contributed by atoms with E-state index in [1.54, 1.807) is 12.1 Å². The number of anilines is 2. The van der Waals surface area contributed by atoms with E-state index in [1.807, 2.05) is 0 Å². The zero-order valence-electron chi connectivity index (χ0n) is 13.4. The first-order chi connectivity index (χ1) is 12.0. The summed E-state index contributed by atoms with van der Waals surface area (Å²) in [6.07, 6.45) is 0.891. The van der Waals surface area contributed by atoms with Gasteiger partial charge in [-0.1, -0.05) is 0 Å². The van der Waals surface area contributed by atoms with Gasteiger partial charge in [-0.15, -0.1) is 0 Å². The lowest BCUT2D eigenvalue weighted by molar-refractivity contribution is 0.250. The molecule has 1 atom stereocenters. The Morgan fingerprint density at radius 1 is 1.08 bits per heavy atom. The zero-order chi connectivity index (χ0) is 17.8. The number of nitrogens with zero attached hydrogens (tertiary/aromatic N) is 1. The van der Waals surface area contributed by atoms with Crippen molar-refractivity contribution in [2.45, 2.75) is 6.42 Å². The summed E-state index contributed by atoms with van der Waals surface area (Å²) in [5.41, 5.74) is 0.875. The van der Waals surface area contributed by atoms with E-state index in [2.05, 4.69) is 15.5 Å². The van der Waals surface area contributed by atoms with Gasteiger partial charge in [-0.05, 0) is 48.7 Å². The fourth-order valence-corrected chi connectivity index (χ4v) is 2.88. The van der Waals surface area contributed by atoms with Gasteiger partial charge in [0.05, 0.1) is 5.69 Å². The lowest BCUT2D eigenvalue weighted by atomic mass is 10.1. The molecule has 4 nitrogen and oxygen atoms in total. The number of benzene rings is 2. The van der Waals surface area contributed by atoms with Crippen molar-refractivity contribution < 1.29 is 18.0 Å². The first-order valence-corrected chi connectivity index (χ1v) is 8.01. The molecule has 7 heteroatoms. The highest BCUT2D eigenvalue weighted by Crippen LogP contribution is 2.23. The Hall–Kier alpha value is -2.70. The quantitative estimate of drug-likeness (QED) is 0.883. The largest absolute Gasteiger partial charge is 0.371 e. The smallest absolute Gasteiger partial charge is 0.319 e. The molecule has 3 rings (SSSR count). The third-order valence-electron chi connectivity index (χ3n) is 4.21. The number of hydrogen-bond donors (Lipinski definition) is 2. The molecule has 2 aromatic rings. The van der Waals surface area contributed by atoms with Gasteiger partial charge < -0.3 is 15.5 Å². The molecule has 0 spiro atoms. The number of carbonyl (C=O) groups is 1. The van der Waals surface area contributed by atoms with E-state index >= 15 is 0 Å². The van der Waals surface area contributed by atoms with Gasteiger partial charge in [-0.3, -0.25) is 0 Å². The van der Waals surface area contributed by atoms with E-state index in [9.17, 15) is 18.0 Å². The van der Waals surface area contributed by atoms with E-state index in [0.29, 0.717) is 12.6 Å². The van der Waals surface area contributed by atoms with E-state index in [4.69, 9.17) is 0 Å². The minimum Gasteiger partial charge on any atom is -0.371 e. The second-order valence-corrected chi connectivity index (χ2v) is 6.04. The highest BCUT2D eigenvalue weighted by Gasteiger charge is 2.23. The maximum absolute atomic E-state index is 13.5. The average Bonchev–Trinajstić information content (AvgIpc) is 3.05. The molecule has 0 bridgehead atoms. The van der Waals surface area contributed by atoms with E-state index in [-0.39, 0.29) is 17.4 Å². The second-order valence-electron chi connectivity index (χ2n) is 6.04. The first kappa shape index (κ1) is 17.1. The molecule has 25 heavy (non-hydrogen) atoms.